The molecule has 4 N–H and O–H groups in total. The maximum absolute atomic E-state index is 6.54. The summed E-state index contributed by atoms with van der Waals surface area (Å²) in [4.78, 5) is 0. The summed E-state index contributed by atoms with van der Waals surface area (Å²) in [6.45, 7) is 0. The molecule has 10 rings (SSSR count). The van der Waals surface area contributed by atoms with Crippen LogP contribution in [0.1, 0.15) is 0 Å². The molecule has 10 aromatic carbocycles. The van der Waals surface area contributed by atoms with E-state index in [9.17, 15) is 0 Å². The minimum atomic E-state index is 0.737. The number of nitrogens with two attached hydrogens (primary N) is 2. The third kappa shape index (κ3) is 6.18. The summed E-state index contributed by atoms with van der Waals surface area (Å²) in [6, 6.07) is 78.2. The first-order valence-electron chi connectivity index (χ1n) is 19.8. The number of hydrogen-bond acceptors (Lipinski definition) is 2. The van der Waals surface area contributed by atoms with Gasteiger partial charge in [0.1, 0.15) is 0 Å². The van der Waals surface area contributed by atoms with Gasteiger partial charge in [-0.3, -0.25) is 0 Å². The number of anilines is 2. The van der Waals surface area contributed by atoms with E-state index < -0.39 is 0 Å². The number of hydrogen-bond donors (Lipinski definition) is 2. The van der Waals surface area contributed by atoms with Crippen LogP contribution in [-0.4, -0.2) is 0 Å². The number of fused-ring (bicyclic) bond motifs is 2. The van der Waals surface area contributed by atoms with Gasteiger partial charge in [-0.15, -0.1) is 0 Å². The average Bonchev–Trinajstić information content (AvgIpc) is 3.29. The molecule has 0 atom stereocenters. The molecule has 0 spiro atoms. The molecule has 2 heteroatoms. The fraction of sp³-hybridized carbons (Fsp3) is 0. The summed E-state index contributed by atoms with van der Waals surface area (Å²) in [5.74, 6) is 0. The van der Waals surface area contributed by atoms with Crippen molar-refractivity contribution in [1.29, 1.82) is 0 Å². The van der Waals surface area contributed by atoms with Gasteiger partial charge in [0, 0.05) is 11.4 Å². The molecule has 0 aliphatic carbocycles. The Kier molecular flexibility index (Phi) is 8.85. The predicted octanol–water partition coefficient (Wildman–Crippen LogP) is 14.8. The highest BCUT2D eigenvalue weighted by Crippen LogP contribution is 2.54. The second-order valence-corrected chi connectivity index (χ2v) is 14.9. The highest BCUT2D eigenvalue weighted by Gasteiger charge is 2.27. The third-order valence-electron chi connectivity index (χ3n) is 11.3. The van der Waals surface area contributed by atoms with Crippen molar-refractivity contribution < 1.29 is 0 Å². The first kappa shape index (κ1) is 34.8. The fourth-order valence-electron chi connectivity index (χ4n) is 8.78. The standard InChI is InChI=1S/C56H40N2/c57-44-29-31-47-42(33-44)35-50(38-19-8-2-9-20-38)55(52(47)40-23-12-4-13-24-40)49-28-16-27-46(37-17-6-1-7-18-37)54(49)56-51(39-21-10-3-11-22-39)36-43-34-45(58)30-32-48(43)53(56)41-25-14-5-15-26-41/h1-36H,57-58H2. The molecule has 274 valence electrons. The van der Waals surface area contributed by atoms with Crippen molar-refractivity contribution in [3.8, 4) is 77.9 Å². The molecule has 10 aromatic rings. The Morgan fingerprint density at radius 1 is 0.224 bits per heavy atom. The first-order chi connectivity index (χ1) is 28.6. The van der Waals surface area contributed by atoms with Crippen LogP contribution in [0.5, 0.6) is 0 Å². The largest absolute Gasteiger partial charge is 0.399 e. The lowest BCUT2D eigenvalue weighted by Crippen LogP contribution is -2.00. The van der Waals surface area contributed by atoms with Gasteiger partial charge in [-0.2, -0.15) is 0 Å². The van der Waals surface area contributed by atoms with Gasteiger partial charge in [0.15, 0.2) is 0 Å². The van der Waals surface area contributed by atoms with Gasteiger partial charge < -0.3 is 11.5 Å². The zero-order chi connectivity index (χ0) is 39.0. The fourth-order valence-corrected chi connectivity index (χ4v) is 8.78. The van der Waals surface area contributed by atoms with Crippen molar-refractivity contribution in [2.45, 2.75) is 0 Å². The Morgan fingerprint density at radius 3 is 1.03 bits per heavy atom. The molecule has 0 saturated heterocycles. The molecule has 0 amide bonds. The molecule has 0 aliphatic heterocycles. The average molecular weight is 741 g/mol. The molecule has 0 aliphatic rings. The summed E-state index contributed by atoms with van der Waals surface area (Å²) in [5, 5.41) is 4.48. The highest BCUT2D eigenvalue weighted by molar-refractivity contribution is 6.18. The molecule has 0 heterocycles. The van der Waals surface area contributed by atoms with E-state index in [1.54, 1.807) is 0 Å². The van der Waals surface area contributed by atoms with Crippen molar-refractivity contribution in [2.24, 2.45) is 0 Å². The van der Waals surface area contributed by atoms with Crippen LogP contribution in [0.4, 0.5) is 11.4 Å². The predicted molar refractivity (Wildman–Crippen MR) is 248 cm³/mol. The van der Waals surface area contributed by atoms with Crippen LogP contribution >= 0.6 is 0 Å². The zero-order valence-corrected chi connectivity index (χ0v) is 31.9. The SMILES string of the molecule is Nc1ccc2c(-c3ccccc3)c(-c3cccc(-c4ccccc4)c3-c3c(-c4ccccc4)cc4cc(N)ccc4c3-c3ccccc3)c(-c3ccccc3)cc2c1. The van der Waals surface area contributed by atoms with E-state index in [0.717, 1.165) is 99.7 Å². The van der Waals surface area contributed by atoms with Crippen LogP contribution in [0.25, 0.3) is 99.4 Å². The summed E-state index contributed by atoms with van der Waals surface area (Å²) >= 11 is 0. The van der Waals surface area contributed by atoms with Gasteiger partial charge in [0.2, 0.25) is 0 Å². The van der Waals surface area contributed by atoms with Crippen LogP contribution in [0.2, 0.25) is 0 Å². The zero-order valence-electron chi connectivity index (χ0n) is 31.9. The maximum Gasteiger partial charge on any atom is 0.0320 e. The van der Waals surface area contributed by atoms with Crippen molar-refractivity contribution in [1.82, 2.24) is 0 Å². The van der Waals surface area contributed by atoms with Crippen LogP contribution in [0, 0.1) is 0 Å². The monoisotopic (exact) mass is 740 g/mol. The molecule has 0 unspecified atom stereocenters. The lowest BCUT2D eigenvalue weighted by Gasteiger charge is -2.27. The number of rotatable bonds is 7. The van der Waals surface area contributed by atoms with Crippen molar-refractivity contribution in [2.75, 3.05) is 11.5 Å². The smallest absolute Gasteiger partial charge is 0.0320 e. The van der Waals surface area contributed by atoms with Gasteiger partial charge in [0.25, 0.3) is 0 Å². The first-order valence-corrected chi connectivity index (χ1v) is 19.8. The van der Waals surface area contributed by atoms with Gasteiger partial charge in [-0.25, -0.2) is 0 Å². The number of benzene rings is 10. The maximum atomic E-state index is 6.54. The Labute approximate surface area is 339 Å². The molecule has 0 radical (unpaired) electrons. The van der Waals surface area contributed by atoms with Crippen LogP contribution in [-0.2, 0) is 0 Å². The van der Waals surface area contributed by atoms with Gasteiger partial charge in [0.05, 0.1) is 0 Å². The van der Waals surface area contributed by atoms with E-state index in [4.69, 9.17) is 11.5 Å². The van der Waals surface area contributed by atoms with Crippen molar-refractivity contribution in [3.63, 3.8) is 0 Å². The Bertz CT molecular complexity index is 3080. The quantitative estimate of drug-likeness (QED) is 0.160. The minimum Gasteiger partial charge on any atom is -0.399 e. The highest BCUT2D eigenvalue weighted by atomic mass is 14.5. The molecule has 58 heavy (non-hydrogen) atoms. The Morgan fingerprint density at radius 2 is 0.586 bits per heavy atom. The van der Waals surface area contributed by atoms with Crippen molar-refractivity contribution >= 4 is 32.9 Å². The molecule has 0 bridgehead atoms. The molecular formula is C56H40N2. The van der Waals surface area contributed by atoms with Crippen molar-refractivity contribution in [3.05, 3.63) is 218 Å². The normalized spacial score (nSPS) is 11.2. The van der Waals surface area contributed by atoms with E-state index in [1.165, 1.54) is 11.1 Å². The van der Waals surface area contributed by atoms with Gasteiger partial charge in [-0.1, -0.05) is 182 Å². The molecule has 2 nitrogen and oxygen atoms in total. The lowest BCUT2D eigenvalue weighted by molar-refractivity contribution is 1.54. The molecule has 0 aromatic heterocycles. The van der Waals surface area contributed by atoms with Crippen LogP contribution < -0.4 is 11.5 Å². The number of nitrogen functional groups attached to an aromatic ring is 2. The second kappa shape index (κ2) is 14.8. The van der Waals surface area contributed by atoms with E-state index >= 15 is 0 Å². The van der Waals surface area contributed by atoms with E-state index in [2.05, 4.69) is 206 Å². The Hall–Kier alpha value is -7.68. The molecule has 0 fully saturated rings. The van der Waals surface area contributed by atoms with E-state index in [0.29, 0.717) is 0 Å². The summed E-state index contributed by atoms with van der Waals surface area (Å²) < 4.78 is 0. The second-order valence-electron chi connectivity index (χ2n) is 14.9. The lowest BCUT2D eigenvalue weighted by atomic mass is 9.76. The summed E-state index contributed by atoms with van der Waals surface area (Å²) in [7, 11) is 0. The Balaban J connectivity index is 1.47. The minimum absolute atomic E-state index is 0.737. The summed E-state index contributed by atoms with van der Waals surface area (Å²) in [5.41, 5.74) is 30.6. The van der Waals surface area contributed by atoms with Gasteiger partial charge >= 0.3 is 0 Å². The topological polar surface area (TPSA) is 52.0 Å². The third-order valence-corrected chi connectivity index (χ3v) is 11.3. The van der Waals surface area contributed by atoms with Gasteiger partial charge in [-0.05, 0) is 136 Å². The van der Waals surface area contributed by atoms with Crippen LogP contribution in [0.15, 0.2) is 218 Å². The summed E-state index contributed by atoms with van der Waals surface area (Å²) in [6.07, 6.45) is 0. The van der Waals surface area contributed by atoms with Crippen LogP contribution in [0.3, 0.4) is 0 Å². The molecule has 0 saturated carbocycles. The van der Waals surface area contributed by atoms with E-state index in [-0.39, 0.29) is 0 Å². The molecular weight excluding hydrogens is 701 g/mol. The van der Waals surface area contributed by atoms with E-state index in [1.807, 2.05) is 12.1 Å².